The lowest BCUT2D eigenvalue weighted by molar-refractivity contribution is 0.0700. The first-order valence-electron chi connectivity index (χ1n) is 11.7. The average molecular weight is 442 g/mol. The molecule has 0 radical (unpaired) electrons. The van der Waals surface area contributed by atoms with Gasteiger partial charge in [-0.3, -0.25) is 14.9 Å². The average Bonchev–Trinajstić information content (AvgIpc) is 3.44. The summed E-state index contributed by atoms with van der Waals surface area (Å²) in [5, 5.41) is 8.61. The van der Waals surface area contributed by atoms with Gasteiger partial charge in [0.15, 0.2) is 0 Å². The highest BCUT2D eigenvalue weighted by Crippen LogP contribution is 2.39. The third-order valence-electron chi connectivity index (χ3n) is 6.67. The van der Waals surface area contributed by atoms with E-state index in [4.69, 9.17) is 0 Å². The fourth-order valence-electron chi connectivity index (χ4n) is 4.84. The van der Waals surface area contributed by atoms with Crippen molar-refractivity contribution < 1.29 is 4.79 Å². The second kappa shape index (κ2) is 8.18. The van der Waals surface area contributed by atoms with Crippen molar-refractivity contribution >= 4 is 16.8 Å². The minimum Gasteiger partial charge on any atom is -0.358 e. The summed E-state index contributed by atoms with van der Waals surface area (Å²) in [5.74, 6) is 0.239. The van der Waals surface area contributed by atoms with E-state index in [1.54, 1.807) is 0 Å². The molecule has 1 aliphatic rings. The molecule has 0 aliphatic carbocycles. The molecule has 1 aromatic carbocycles. The number of carbonyl (C=O) groups is 1. The zero-order chi connectivity index (χ0) is 23.2. The summed E-state index contributed by atoms with van der Waals surface area (Å²) >= 11 is 0. The summed E-state index contributed by atoms with van der Waals surface area (Å²) in [6.45, 7) is 9.91. The van der Waals surface area contributed by atoms with E-state index in [0.717, 1.165) is 36.2 Å². The van der Waals surface area contributed by atoms with Crippen molar-refractivity contribution in [3.05, 3.63) is 71.4 Å². The third kappa shape index (κ3) is 4.06. The first-order valence-corrected chi connectivity index (χ1v) is 11.7. The van der Waals surface area contributed by atoms with Gasteiger partial charge in [-0.25, -0.2) is 0 Å². The second-order valence-electron chi connectivity index (χ2n) is 10.2. The second-order valence-corrected chi connectivity index (χ2v) is 10.2. The molecule has 1 aliphatic heterocycles. The minimum atomic E-state index is -0.0715. The van der Waals surface area contributed by atoms with Gasteiger partial charge in [0.25, 0.3) is 5.91 Å². The molecule has 4 heterocycles. The topological polar surface area (TPSA) is 77.7 Å². The Labute approximate surface area is 194 Å². The van der Waals surface area contributed by atoms with Gasteiger partial charge in [-0.1, -0.05) is 32.4 Å². The Morgan fingerprint density at radius 1 is 1.12 bits per heavy atom. The predicted molar refractivity (Wildman–Crippen MR) is 131 cm³/mol. The SMILES string of the molecule is Cc1ccc2[nH]c(C3CCCN(C(=O)c4cc(C(C)(C)C)[nH]n4)C3)c(-c3ccncc3)c2c1. The first kappa shape index (κ1) is 21.4. The van der Waals surface area contributed by atoms with Gasteiger partial charge in [0.1, 0.15) is 5.69 Å². The van der Waals surface area contributed by atoms with Crippen LogP contribution in [-0.4, -0.2) is 44.1 Å². The molecule has 6 nitrogen and oxygen atoms in total. The lowest BCUT2D eigenvalue weighted by Gasteiger charge is -2.32. The Morgan fingerprint density at radius 2 is 1.91 bits per heavy atom. The molecule has 170 valence electrons. The van der Waals surface area contributed by atoms with E-state index in [1.165, 1.54) is 22.2 Å². The maximum Gasteiger partial charge on any atom is 0.274 e. The van der Waals surface area contributed by atoms with Gasteiger partial charge in [0.2, 0.25) is 0 Å². The highest BCUT2D eigenvalue weighted by Gasteiger charge is 2.30. The fraction of sp³-hybridized carbons (Fsp3) is 0.370. The molecule has 5 rings (SSSR count). The van der Waals surface area contributed by atoms with Crippen LogP contribution in [0.4, 0.5) is 0 Å². The third-order valence-corrected chi connectivity index (χ3v) is 6.67. The number of hydrogen-bond acceptors (Lipinski definition) is 3. The van der Waals surface area contributed by atoms with E-state index in [9.17, 15) is 4.79 Å². The maximum absolute atomic E-state index is 13.3. The number of H-pyrrole nitrogens is 2. The quantitative estimate of drug-likeness (QED) is 0.436. The standard InChI is InChI=1S/C27H31N5O/c1-17-7-8-21-20(14-17)24(18-9-11-28-12-10-18)25(29-21)19-6-5-13-32(16-19)26(33)22-15-23(31-30-22)27(2,3)4/h7-12,14-15,19,29H,5-6,13,16H2,1-4H3,(H,30,31). The van der Waals surface area contributed by atoms with E-state index in [1.807, 2.05) is 23.4 Å². The van der Waals surface area contributed by atoms with Gasteiger partial charge in [-0.15, -0.1) is 0 Å². The molecule has 33 heavy (non-hydrogen) atoms. The van der Waals surface area contributed by atoms with Gasteiger partial charge in [-0.2, -0.15) is 5.10 Å². The maximum atomic E-state index is 13.3. The molecule has 1 saturated heterocycles. The monoisotopic (exact) mass is 441 g/mol. The summed E-state index contributed by atoms with van der Waals surface area (Å²) in [6, 6.07) is 12.6. The summed E-state index contributed by atoms with van der Waals surface area (Å²) in [6.07, 6.45) is 5.70. The van der Waals surface area contributed by atoms with E-state index in [-0.39, 0.29) is 17.2 Å². The van der Waals surface area contributed by atoms with Crippen LogP contribution in [0.1, 0.15) is 67.0 Å². The summed E-state index contributed by atoms with van der Waals surface area (Å²) in [5.41, 5.74) is 7.36. The number of amides is 1. The van der Waals surface area contributed by atoms with Gasteiger partial charge in [0.05, 0.1) is 0 Å². The number of carbonyl (C=O) groups excluding carboxylic acids is 1. The molecule has 6 heteroatoms. The van der Waals surface area contributed by atoms with Crippen LogP contribution in [0.3, 0.4) is 0 Å². The van der Waals surface area contributed by atoms with Crippen LogP contribution in [0.15, 0.2) is 48.8 Å². The number of pyridine rings is 1. The van der Waals surface area contributed by atoms with Crippen molar-refractivity contribution in [2.24, 2.45) is 0 Å². The molecule has 0 saturated carbocycles. The smallest absolute Gasteiger partial charge is 0.274 e. The number of aryl methyl sites for hydroxylation is 1. The molecular weight excluding hydrogens is 410 g/mol. The van der Waals surface area contributed by atoms with Gasteiger partial charge < -0.3 is 9.88 Å². The molecule has 1 amide bonds. The highest BCUT2D eigenvalue weighted by molar-refractivity contribution is 5.98. The van der Waals surface area contributed by atoms with E-state index in [2.05, 4.69) is 78.2 Å². The highest BCUT2D eigenvalue weighted by atomic mass is 16.2. The van der Waals surface area contributed by atoms with E-state index in [0.29, 0.717) is 12.2 Å². The van der Waals surface area contributed by atoms with Gasteiger partial charge in [0, 0.05) is 64.7 Å². The molecule has 4 aromatic rings. The number of likely N-dealkylation sites (tertiary alicyclic amines) is 1. The Kier molecular flexibility index (Phi) is 5.31. The van der Waals surface area contributed by atoms with E-state index >= 15 is 0 Å². The largest absolute Gasteiger partial charge is 0.358 e. The van der Waals surface area contributed by atoms with Crippen LogP contribution < -0.4 is 0 Å². The zero-order valence-corrected chi connectivity index (χ0v) is 19.8. The Hall–Kier alpha value is -3.41. The lowest BCUT2D eigenvalue weighted by atomic mass is 9.89. The van der Waals surface area contributed by atoms with Crippen LogP contribution >= 0.6 is 0 Å². The van der Waals surface area contributed by atoms with Crippen molar-refractivity contribution in [3.8, 4) is 11.1 Å². The van der Waals surface area contributed by atoms with Crippen molar-refractivity contribution in [2.45, 2.75) is 51.9 Å². The van der Waals surface area contributed by atoms with Crippen LogP contribution in [0.5, 0.6) is 0 Å². The van der Waals surface area contributed by atoms with Crippen LogP contribution in [0.25, 0.3) is 22.0 Å². The first-order chi connectivity index (χ1) is 15.8. The number of nitrogens with zero attached hydrogens (tertiary/aromatic N) is 3. The molecule has 2 N–H and O–H groups in total. The Bertz CT molecular complexity index is 1300. The van der Waals surface area contributed by atoms with Crippen molar-refractivity contribution in [3.63, 3.8) is 0 Å². The molecule has 1 unspecified atom stereocenters. The molecule has 3 aromatic heterocycles. The molecule has 0 spiro atoms. The summed E-state index contributed by atoms with van der Waals surface area (Å²) in [4.78, 5) is 23.2. The lowest BCUT2D eigenvalue weighted by Crippen LogP contribution is -2.39. The van der Waals surface area contributed by atoms with Gasteiger partial charge >= 0.3 is 0 Å². The Morgan fingerprint density at radius 3 is 2.64 bits per heavy atom. The zero-order valence-electron chi connectivity index (χ0n) is 19.8. The summed E-state index contributed by atoms with van der Waals surface area (Å²) in [7, 11) is 0. The number of rotatable bonds is 3. The van der Waals surface area contributed by atoms with Crippen molar-refractivity contribution in [1.29, 1.82) is 0 Å². The fourth-order valence-corrected chi connectivity index (χ4v) is 4.84. The number of fused-ring (bicyclic) bond motifs is 1. The number of aromatic amines is 2. The van der Waals surface area contributed by atoms with Crippen molar-refractivity contribution in [1.82, 2.24) is 25.1 Å². The van der Waals surface area contributed by atoms with Crippen LogP contribution in [0.2, 0.25) is 0 Å². The van der Waals surface area contributed by atoms with E-state index < -0.39 is 0 Å². The van der Waals surface area contributed by atoms with Crippen LogP contribution in [0, 0.1) is 6.92 Å². The Balaban J connectivity index is 1.49. The minimum absolute atomic E-state index is 0.00358. The number of aromatic nitrogens is 4. The molecular formula is C27H31N5O. The predicted octanol–water partition coefficient (Wildman–Crippen LogP) is 5.58. The van der Waals surface area contributed by atoms with Crippen LogP contribution in [-0.2, 0) is 5.41 Å². The molecule has 0 bridgehead atoms. The number of hydrogen-bond donors (Lipinski definition) is 2. The molecule has 1 fully saturated rings. The normalized spacial score (nSPS) is 17.0. The number of piperidine rings is 1. The van der Waals surface area contributed by atoms with Crippen molar-refractivity contribution in [2.75, 3.05) is 13.1 Å². The number of nitrogens with one attached hydrogen (secondary N) is 2. The number of benzene rings is 1. The molecule has 1 atom stereocenters. The van der Waals surface area contributed by atoms with Gasteiger partial charge in [-0.05, 0) is 55.7 Å². The summed E-state index contributed by atoms with van der Waals surface area (Å²) < 4.78 is 0.